The van der Waals surface area contributed by atoms with E-state index in [1.165, 1.54) is 22.3 Å². The van der Waals surface area contributed by atoms with E-state index < -0.39 is 26.7 Å². The van der Waals surface area contributed by atoms with Crippen LogP contribution in [-0.2, 0) is 16.2 Å². The van der Waals surface area contributed by atoms with Gasteiger partial charge in [-0.15, -0.1) is 11.3 Å². The van der Waals surface area contributed by atoms with Crippen molar-refractivity contribution < 1.29 is 26.4 Å². The van der Waals surface area contributed by atoms with Crippen molar-refractivity contribution in [3.63, 3.8) is 0 Å². The van der Waals surface area contributed by atoms with Gasteiger partial charge < -0.3 is 4.90 Å². The van der Waals surface area contributed by atoms with Crippen LogP contribution in [0.5, 0.6) is 0 Å². The van der Waals surface area contributed by atoms with Gasteiger partial charge in [0.1, 0.15) is 0 Å². The van der Waals surface area contributed by atoms with Crippen molar-refractivity contribution in [1.82, 2.24) is 9.21 Å². The largest absolute Gasteiger partial charge is 0.417 e. The van der Waals surface area contributed by atoms with Gasteiger partial charge in [0.05, 0.1) is 15.3 Å². The molecule has 1 amide bonds. The predicted octanol–water partition coefficient (Wildman–Crippen LogP) is 3.22. The normalized spacial score (nSPS) is 16.5. The van der Waals surface area contributed by atoms with Crippen molar-refractivity contribution >= 4 is 27.3 Å². The van der Waals surface area contributed by atoms with Gasteiger partial charge in [-0.2, -0.15) is 17.5 Å². The van der Waals surface area contributed by atoms with E-state index in [1.54, 1.807) is 6.07 Å². The van der Waals surface area contributed by atoms with Gasteiger partial charge in [-0.3, -0.25) is 4.79 Å². The Kier molecular flexibility index (Phi) is 5.33. The zero-order valence-corrected chi connectivity index (χ0v) is 16.0. The van der Waals surface area contributed by atoms with Crippen molar-refractivity contribution in [3.8, 4) is 0 Å². The van der Waals surface area contributed by atoms with Gasteiger partial charge >= 0.3 is 6.18 Å². The Morgan fingerprint density at radius 1 is 1.04 bits per heavy atom. The topological polar surface area (TPSA) is 57.7 Å². The van der Waals surface area contributed by atoms with Crippen LogP contribution in [-0.4, -0.2) is 49.7 Å². The molecular weight excluding hydrogens is 401 g/mol. The van der Waals surface area contributed by atoms with Gasteiger partial charge in [-0.25, -0.2) is 8.42 Å². The van der Waals surface area contributed by atoms with Crippen LogP contribution in [0, 0.1) is 6.92 Å². The van der Waals surface area contributed by atoms with E-state index in [2.05, 4.69) is 0 Å². The number of alkyl halides is 3. The molecular formula is C17H17F3N2O3S2. The van der Waals surface area contributed by atoms with Crippen LogP contribution in [0.1, 0.15) is 20.1 Å². The predicted molar refractivity (Wildman–Crippen MR) is 95.2 cm³/mol. The van der Waals surface area contributed by atoms with Crippen molar-refractivity contribution in [2.45, 2.75) is 18.0 Å². The molecule has 1 aromatic heterocycles. The highest BCUT2D eigenvalue weighted by Crippen LogP contribution is 2.35. The number of amides is 1. The molecule has 2 aromatic rings. The van der Waals surface area contributed by atoms with Gasteiger partial charge in [0.25, 0.3) is 5.91 Å². The van der Waals surface area contributed by atoms with Crippen molar-refractivity contribution in [2.24, 2.45) is 0 Å². The highest BCUT2D eigenvalue weighted by atomic mass is 32.2. The van der Waals surface area contributed by atoms with Crippen LogP contribution in [0.15, 0.2) is 41.3 Å². The number of rotatable bonds is 3. The lowest BCUT2D eigenvalue weighted by molar-refractivity contribution is -0.139. The second-order valence-electron chi connectivity index (χ2n) is 6.10. The first kappa shape index (κ1) is 19.8. The molecule has 1 fully saturated rings. The maximum atomic E-state index is 13.2. The molecule has 0 unspecified atom stereocenters. The summed E-state index contributed by atoms with van der Waals surface area (Å²) in [6.07, 6.45) is -4.77. The van der Waals surface area contributed by atoms with Crippen LogP contribution in [0.4, 0.5) is 13.2 Å². The number of hydrogen-bond donors (Lipinski definition) is 0. The Morgan fingerprint density at radius 3 is 2.22 bits per heavy atom. The standard InChI is InChI=1S/C17H17F3N2O3S2/c1-12-6-7-14(26-12)16(23)21-8-10-22(11-9-21)27(24,25)15-5-3-2-4-13(15)17(18,19)20/h2-7H,8-11H2,1H3. The van der Waals surface area contributed by atoms with Crippen LogP contribution in [0.25, 0.3) is 0 Å². The highest BCUT2D eigenvalue weighted by Gasteiger charge is 2.39. The number of halogens is 3. The molecule has 27 heavy (non-hydrogen) atoms. The minimum atomic E-state index is -4.77. The van der Waals surface area contributed by atoms with E-state index in [-0.39, 0.29) is 32.1 Å². The summed E-state index contributed by atoms with van der Waals surface area (Å²) < 4.78 is 66.0. The summed E-state index contributed by atoms with van der Waals surface area (Å²) in [5.74, 6) is -0.194. The average Bonchev–Trinajstić information content (AvgIpc) is 3.07. The van der Waals surface area contributed by atoms with Crippen LogP contribution >= 0.6 is 11.3 Å². The first-order valence-corrected chi connectivity index (χ1v) is 10.4. The van der Waals surface area contributed by atoms with Crippen LogP contribution < -0.4 is 0 Å². The van der Waals surface area contributed by atoms with E-state index in [4.69, 9.17) is 0 Å². The second kappa shape index (κ2) is 7.25. The molecule has 1 saturated heterocycles. The summed E-state index contributed by atoms with van der Waals surface area (Å²) >= 11 is 1.35. The Morgan fingerprint density at radius 2 is 1.67 bits per heavy atom. The number of aryl methyl sites for hydroxylation is 1. The quantitative estimate of drug-likeness (QED) is 0.769. The molecule has 0 aliphatic carbocycles. The number of hydrogen-bond acceptors (Lipinski definition) is 4. The molecule has 0 atom stereocenters. The van der Waals surface area contributed by atoms with E-state index >= 15 is 0 Å². The SMILES string of the molecule is Cc1ccc(C(=O)N2CCN(S(=O)(=O)c3ccccc3C(F)(F)F)CC2)s1. The molecule has 1 aromatic carbocycles. The zero-order valence-electron chi connectivity index (χ0n) is 14.4. The first-order valence-electron chi connectivity index (χ1n) is 8.13. The lowest BCUT2D eigenvalue weighted by Gasteiger charge is -2.34. The summed E-state index contributed by atoms with van der Waals surface area (Å²) in [6, 6.07) is 7.68. The molecule has 2 heterocycles. The molecule has 1 aliphatic rings. The first-order chi connectivity index (χ1) is 12.6. The van der Waals surface area contributed by atoms with Gasteiger partial charge in [0.2, 0.25) is 10.0 Å². The fraction of sp³-hybridized carbons (Fsp3) is 0.353. The molecule has 0 saturated carbocycles. The second-order valence-corrected chi connectivity index (χ2v) is 9.29. The van der Waals surface area contributed by atoms with Gasteiger partial charge in [-0.05, 0) is 31.2 Å². The molecule has 146 valence electrons. The Labute approximate surface area is 159 Å². The number of carbonyl (C=O) groups excluding carboxylic acids is 1. The van der Waals surface area contributed by atoms with Crippen LogP contribution in [0.2, 0.25) is 0 Å². The molecule has 5 nitrogen and oxygen atoms in total. The molecule has 1 aliphatic heterocycles. The van der Waals surface area contributed by atoms with Crippen molar-refractivity contribution in [2.75, 3.05) is 26.2 Å². The lowest BCUT2D eigenvalue weighted by atomic mass is 10.2. The molecule has 10 heteroatoms. The molecule has 0 radical (unpaired) electrons. The van der Waals surface area contributed by atoms with Crippen LogP contribution in [0.3, 0.4) is 0 Å². The third-order valence-corrected chi connectivity index (χ3v) is 7.23. The number of nitrogens with zero attached hydrogens (tertiary/aromatic N) is 2. The third kappa shape index (κ3) is 4.02. The lowest BCUT2D eigenvalue weighted by Crippen LogP contribution is -2.50. The molecule has 0 N–H and O–H groups in total. The van der Waals surface area contributed by atoms with Gasteiger partial charge in [-0.1, -0.05) is 12.1 Å². The summed E-state index contributed by atoms with van der Waals surface area (Å²) in [5.41, 5.74) is -1.18. The number of sulfonamides is 1. The van der Waals surface area contributed by atoms with E-state index in [9.17, 15) is 26.4 Å². The molecule has 3 rings (SSSR count). The van der Waals surface area contributed by atoms with Crippen molar-refractivity contribution in [3.05, 3.63) is 51.7 Å². The maximum absolute atomic E-state index is 13.2. The maximum Gasteiger partial charge on any atom is 0.417 e. The Balaban J connectivity index is 1.77. The minimum absolute atomic E-state index is 0.0510. The van der Waals surface area contributed by atoms with Gasteiger partial charge in [0.15, 0.2) is 0 Å². The van der Waals surface area contributed by atoms with E-state index in [0.717, 1.165) is 27.4 Å². The monoisotopic (exact) mass is 418 g/mol. The zero-order chi connectivity index (χ0) is 19.8. The summed E-state index contributed by atoms with van der Waals surface area (Å²) in [4.78, 5) is 14.8. The fourth-order valence-corrected chi connectivity index (χ4v) is 5.37. The number of piperazine rings is 1. The smallest absolute Gasteiger partial charge is 0.335 e. The summed E-state index contributed by atoms with van der Waals surface area (Å²) in [5, 5.41) is 0. The van der Waals surface area contributed by atoms with Gasteiger partial charge in [0, 0.05) is 31.1 Å². The van der Waals surface area contributed by atoms with E-state index in [1.807, 2.05) is 13.0 Å². The number of carbonyl (C=O) groups is 1. The van der Waals surface area contributed by atoms with Crippen molar-refractivity contribution in [1.29, 1.82) is 0 Å². The molecule has 0 spiro atoms. The average molecular weight is 418 g/mol. The highest BCUT2D eigenvalue weighted by molar-refractivity contribution is 7.89. The fourth-order valence-electron chi connectivity index (χ4n) is 2.90. The summed E-state index contributed by atoms with van der Waals surface area (Å²) in [6.45, 7) is 2.03. The number of benzene rings is 1. The minimum Gasteiger partial charge on any atom is -0.335 e. The number of thiophene rings is 1. The summed E-state index contributed by atoms with van der Waals surface area (Å²) in [7, 11) is -4.31. The Hall–Kier alpha value is -1.91. The molecule has 0 bridgehead atoms. The third-order valence-electron chi connectivity index (χ3n) is 4.29. The van der Waals surface area contributed by atoms with E-state index in [0.29, 0.717) is 4.88 Å². The Bertz CT molecular complexity index is 946.